The van der Waals surface area contributed by atoms with E-state index in [9.17, 15) is 27.2 Å². The molecule has 0 unspecified atom stereocenters. The summed E-state index contributed by atoms with van der Waals surface area (Å²) in [6.45, 7) is 0.489. The molecular weight excluding hydrogens is 486 g/mol. The topological polar surface area (TPSA) is 91.5 Å². The summed E-state index contributed by atoms with van der Waals surface area (Å²) in [5.74, 6) is -1.18. The predicted molar refractivity (Wildman–Crippen MR) is 118 cm³/mol. The third kappa shape index (κ3) is 4.50. The Labute approximate surface area is 199 Å². The monoisotopic (exact) mass is 501 g/mol. The summed E-state index contributed by atoms with van der Waals surface area (Å²) in [6.07, 6.45) is -2.85. The molecule has 13 heteroatoms. The average molecular weight is 501 g/mol. The van der Waals surface area contributed by atoms with Crippen molar-refractivity contribution < 1.29 is 31.8 Å². The van der Waals surface area contributed by atoms with Gasteiger partial charge in [-0.05, 0) is 36.4 Å². The van der Waals surface area contributed by atoms with E-state index >= 15 is 0 Å². The molecule has 0 radical (unpaired) electrons. The molecule has 1 aliphatic rings. The maximum atomic E-state index is 15.0. The molecule has 184 valence electrons. The maximum absolute atomic E-state index is 15.0. The molecule has 36 heavy (non-hydrogen) atoms. The number of anilines is 1. The van der Waals surface area contributed by atoms with Crippen molar-refractivity contribution in [3.8, 4) is 28.5 Å². The molecule has 5 rings (SSSR count). The molecule has 0 spiro atoms. The van der Waals surface area contributed by atoms with Gasteiger partial charge in [-0.25, -0.2) is 18.5 Å². The molecule has 0 atom stereocenters. The van der Waals surface area contributed by atoms with Crippen LogP contribution in [-0.2, 0) is 4.74 Å². The number of amides is 1. The van der Waals surface area contributed by atoms with Crippen molar-refractivity contribution in [2.45, 2.75) is 6.36 Å². The van der Waals surface area contributed by atoms with Gasteiger partial charge in [-0.2, -0.15) is 10.2 Å². The number of hydrogen-bond donors (Lipinski definition) is 0. The minimum absolute atomic E-state index is 0.000737. The Bertz CT molecular complexity index is 1510. The highest BCUT2D eigenvalue weighted by Gasteiger charge is 2.31. The van der Waals surface area contributed by atoms with Crippen LogP contribution in [0.2, 0.25) is 0 Å². The van der Waals surface area contributed by atoms with E-state index in [-0.39, 0.29) is 35.9 Å². The number of benzene rings is 2. The highest BCUT2D eigenvalue weighted by atomic mass is 19.4. The Balaban J connectivity index is 1.52. The molecule has 1 fully saturated rings. The van der Waals surface area contributed by atoms with E-state index in [1.807, 2.05) is 0 Å². The molecule has 9 nitrogen and oxygen atoms in total. The predicted octanol–water partition coefficient (Wildman–Crippen LogP) is 4.08. The number of cyclic esters (lactones) is 1. The maximum Gasteiger partial charge on any atom is 0.573 e. The van der Waals surface area contributed by atoms with Crippen LogP contribution in [0.4, 0.5) is 28.0 Å². The van der Waals surface area contributed by atoms with E-state index in [0.717, 1.165) is 22.9 Å². The van der Waals surface area contributed by atoms with Gasteiger partial charge in [0.05, 0.1) is 29.8 Å². The van der Waals surface area contributed by atoms with Crippen molar-refractivity contribution in [1.82, 2.24) is 19.6 Å². The molecule has 1 aliphatic heterocycles. The lowest BCUT2D eigenvalue weighted by Gasteiger charge is -2.15. The summed E-state index contributed by atoms with van der Waals surface area (Å²) >= 11 is 0. The molecule has 4 aromatic rings. The fraction of sp³-hybridized carbons (Fsp3) is 0.130. The van der Waals surface area contributed by atoms with Gasteiger partial charge in [0.2, 0.25) is 5.43 Å². The third-order valence-corrected chi connectivity index (χ3v) is 5.24. The van der Waals surface area contributed by atoms with E-state index in [2.05, 4.69) is 14.9 Å². The van der Waals surface area contributed by atoms with Crippen LogP contribution in [0.25, 0.3) is 22.8 Å². The van der Waals surface area contributed by atoms with Crippen LogP contribution in [0.1, 0.15) is 0 Å². The fourth-order valence-electron chi connectivity index (χ4n) is 3.70. The fourth-order valence-corrected chi connectivity index (χ4v) is 3.70. The number of carbonyl (C=O) groups excluding carboxylic acids is 1. The van der Waals surface area contributed by atoms with Crippen LogP contribution in [0.5, 0.6) is 5.75 Å². The lowest BCUT2D eigenvalue weighted by molar-refractivity contribution is -0.274. The van der Waals surface area contributed by atoms with E-state index in [4.69, 9.17) is 4.74 Å². The summed E-state index contributed by atoms with van der Waals surface area (Å²) in [7, 11) is 0. The number of nitrogens with zero attached hydrogens (tertiary/aromatic N) is 5. The van der Waals surface area contributed by atoms with Crippen LogP contribution in [0.3, 0.4) is 0 Å². The molecule has 0 bridgehead atoms. The number of hydrogen-bond acceptors (Lipinski definition) is 6. The molecule has 3 heterocycles. The first kappa shape index (κ1) is 23.1. The first-order valence-electron chi connectivity index (χ1n) is 10.4. The van der Waals surface area contributed by atoms with Gasteiger partial charge >= 0.3 is 12.5 Å². The molecule has 2 aromatic carbocycles. The number of alkyl halides is 3. The number of halogens is 4. The van der Waals surface area contributed by atoms with Gasteiger partial charge in [0.25, 0.3) is 0 Å². The highest BCUT2D eigenvalue weighted by molar-refractivity contribution is 5.89. The van der Waals surface area contributed by atoms with Crippen LogP contribution in [0, 0.1) is 5.82 Å². The summed E-state index contributed by atoms with van der Waals surface area (Å²) in [4.78, 5) is 25.7. The second-order valence-corrected chi connectivity index (χ2v) is 7.55. The molecule has 1 saturated heterocycles. The summed E-state index contributed by atoms with van der Waals surface area (Å²) in [5, 5.41) is 8.34. The Morgan fingerprint density at radius 3 is 2.56 bits per heavy atom. The lowest BCUT2D eigenvalue weighted by atomic mass is 10.2. The second kappa shape index (κ2) is 8.83. The van der Waals surface area contributed by atoms with Gasteiger partial charge in [0.1, 0.15) is 18.0 Å². The van der Waals surface area contributed by atoms with Crippen molar-refractivity contribution in [2.75, 3.05) is 18.1 Å². The van der Waals surface area contributed by atoms with Gasteiger partial charge in [-0.1, -0.05) is 6.07 Å². The molecule has 0 saturated carbocycles. The van der Waals surface area contributed by atoms with Crippen LogP contribution in [0.15, 0.2) is 71.8 Å². The normalized spacial score (nSPS) is 13.7. The van der Waals surface area contributed by atoms with Gasteiger partial charge < -0.3 is 9.47 Å². The molecule has 0 N–H and O–H groups in total. The van der Waals surface area contributed by atoms with Crippen LogP contribution < -0.4 is 15.1 Å². The van der Waals surface area contributed by atoms with E-state index in [0.29, 0.717) is 5.69 Å². The average Bonchev–Trinajstić information content (AvgIpc) is 3.48. The molecule has 1 amide bonds. The van der Waals surface area contributed by atoms with Crippen molar-refractivity contribution in [3.63, 3.8) is 0 Å². The van der Waals surface area contributed by atoms with Crippen molar-refractivity contribution in [1.29, 1.82) is 0 Å². The van der Waals surface area contributed by atoms with Gasteiger partial charge in [-0.15, -0.1) is 13.2 Å². The minimum atomic E-state index is -4.88. The Hall–Kier alpha value is -4.68. The SMILES string of the molecule is O=C1OCCN1c1ccc(-n2ccc(=O)c(-c3ccnn3-c3cccc(OC(F)(F)F)c3)n2)c(F)c1. The van der Waals surface area contributed by atoms with Crippen LogP contribution in [-0.4, -0.2) is 45.2 Å². The van der Waals surface area contributed by atoms with Gasteiger partial charge in [-0.3, -0.25) is 9.69 Å². The van der Waals surface area contributed by atoms with E-state index in [1.165, 1.54) is 58.4 Å². The zero-order chi connectivity index (χ0) is 25.4. The molecule has 2 aromatic heterocycles. The summed E-state index contributed by atoms with van der Waals surface area (Å²) in [5.41, 5.74) is 0.00580. The zero-order valence-corrected chi connectivity index (χ0v) is 18.1. The standard InChI is InChI=1S/C23H15F4N5O4/c24-17-13-14(30-10-11-35-22(30)34)4-5-18(17)31-9-7-20(33)21(29-31)19-6-8-28-32(19)15-2-1-3-16(12-15)36-23(25,26)27/h1-9,12-13H,10-11H2. The zero-order valence-electron chi connectivity index (χ0n) is 18.1. The first-order chi connectivity index (χ1) is 17.2. The van der Waals surface area contributed by atoms with E-state index < -0.39 is 29.5 Å². The quantitative estimate of drug-likeness (QED) is 0.383. The Morgan fingerprint density at radius 1 is 1.00 bits per heavy atom. The van der Waals surface area contributed by atoms with Gasteiger partial charge in [0, 0.05) is 18.3 Å². The van der Waals surface area contributed by atoms with Crippen molar-refractivity contribution in [2.24, 2.45) is 0 Å². The van der Waals surface area contributed by atoms with Crippen molar-refractivity contribution >= 4 is 11.8 Å². The van der Waals surface area contributed by atoms with E-state index in [1.54, 1.807) is 0 Å². The lowest BCUT2D eigenvalue weighted by Crippen LogP contribution is -2.23. The first-order valence-corrected chi connectivity index (χ1v) is 10.4. The molecule has 0 aliphatic carbocycles. The summed E-state index contributed by atoms with van der Waals surface area (Å²) < 4.78 is 64.0. The molecular formula is C23H15F4N5O4. The third-order valence-electron chi connectivity index (χ3n) is 5.24. The number of ether oxygens (including phenoxy) is 2. The second-order valence-electron chi connectivity index (χ2n) is 7.55. The number of rotatable bonds is 5. The highest BCUT2D eigenvalue weighted by Crippen LogP contribution is 2.27. The van der Waals surface area contributed by atoms with Gasteiger partial charge in [0.15, 0.2) is 11.5 Å². The van der Waals surface area contributed by atoms with Crippen molar-refractivity contribution in [3.05, 3.63) is 83.0 Å². The largest absolute Gasteiger partial charge is 0.573 e. The number of carbonyl (C=O) groups is 1. The summed E-state index contributed by atoms with van der Waals surface area (Å²) in [6, 6.07) is 11.7. The smallest absolute Gasteiger partial charge is 0.447 e. The Morgan fingerprint density at radius 2 is 1.83 bits per heavy atom. The van der Waals surface area contributed by atoms with Crippen LogP contribution >= 0.6 is 0 Å². The Kier molecular flexibility index (Phi) is 5.66. The minimum Gasteiger partial charge on any atom is -0.447 e. The number of aromatic nitrogens is 4.